The van der Waals surface area contributed by atoms with Gasteiger partial charge >= 0.3 is 0 Å². The molecule has 2 heterocycles. The molecule has 222 valence electrons. The molecule has 0 saturated carbocycles. The second-order valence-corrected chi connectivity index (χ2v) is 11.7. The van der Waals surface area contributed by atoms with Crippen molar-refractivity contribution in [2.24, 2.45) is 11.1 Å². The van der Waals surface area contributed by atoms with Crippen LogP contribution < -0.4 is 15.9 Å². The van der Waals surface area contributed by atoms with Gasteiger partial charge in [-0.1, -0.05) is 44.2 Å². The number of allylic oxidation sites excluding steroid dienone is 3. The minimum atomic E-state index is -0.941. The van der Waals surface area contributed by atoms with E-state index in [0.29, 0.717) is 40.3 Å². The average molecular weight is 593 g/mol. The van der Waals surface area contributed by atoms with Crippen LogP contribution in [-0.2, 0) is 4.79 Å². The highest BCUT2D eigenvalue weighted by Gasteiger charge is 2.47. The molecule has 1 aromatic heterocycles. The number of nitrogens with two attached hydrogens (primary N) is 1. The van der Waals surface area contributed by atoms with Gasteiger partial charge in [-0.3, -0.25) is 10.2 Å². The molecule has 0 amide bonds. The molecule has 1 aliphatic carbocycles. The number of hydrogen-bond acceptors (Lipinski definition) is 7. The van der Waals surface area contributed by atoms with Crippen LogP contribution in [0.15, 0.2) is 102 Å². The van der Waals surface area contributed by atoms with Crippen molar-refractivity contribution >= 4 is 11.5 Å². The summed E-state index contributed by atoms with van der Waals surface area (Å²) >= 11 is 0. The van der Waals surface area contributed by atoms with Crippen LogP contribution in [0.3, 0.4) is 0 Å². The van der Waals surface area contributed by atoms with Gasteiger partial charge in [-0.05, 0) is 67.3 Å². The SMILES string of the molecule is Cc1nn(-c2ccccc2)c(Oc2ccccc2F)c1C1C(C#N)=C(N)N(Nc2ccc(F)cc2)C2=C1C(=O)CC(C)(C)C2. The van der Waals surface area contributed by atoms with Gasteiger partial charge in [-0.25, -0.2) is 18.5 Å². The quantitative estimate of drug-likeness (QED) is 0.248. The maximum Gasteiger partial charge on any atom is 0.227 e. The van der Waals surface area contributed by atoms with Crippen LogP contribution in [0, 0.1) is 35.3 Å². The zero-order valence-corrected chi connectivity index (χ0v) is 24.4. The van der Waals surface area contributed by atoms with Crippen molar-refractivity contribution in [1.82, 2.24) is 14.8 Å². The van der Waals surface area contributed by atoms with Crippen molar-refractivity contribution in [3.05, 3.63) is 124 Å². The van der Waals surface area contributed by atoms with E-state index in [1.165, 1.54) is 24.3 Å². The number of carbonyl (C=O) groups excluding carboxylic acids is 1. The maximum atomic E-state index is 15.0. The molecule has 0 spiro atoms. The standard InChI is InChI=1S/C34H30F2N6O2/c1-20-29(33(44-28-12-8-7-11-25(28)36)41(39-20)23-9-5-4-6-10-23)30-24(19-37)32(38)42(40-22-15-13-21(35)14-16-22)26-17-34(2,3)18-27(43)31(26)30/h4-16,30,40H,17-18,38H2,1-3H3. The van der Waals surface area contributed by atoms with Crippen LogP contribution in [0.25, 0.3) is 5.69 Å². The van der Waals surface area contributed by atoms with E-state index >= 15 is 0 Å². The number of Topliss-reactive ketones (excluding diaryl/α,β-unsaturated/α-hetero) is 1. The van der Waals surface area contributed by atoms with E-state index in [-0.39, 0.29) is 35.2 Å². The molecule has 0 radical (unpaired) electrons. The minimum Gasteiger partial charge on any atom is -0.435 e. The summed E-state index contributed by atoms with van der Waals surface area (Å²) in [5.41, 5.74) is 12.6. The van der Waals surface area contributed by atoms with E-state index in [1.54, 1.807) is 40.9 Å². The van der Waals surface area contributed by atoms with Gasteiger partial charge in [0.2, 0.25) is 5.88 Å². The molecule has 1 aliphatic heterocycles. The van der Waals surface area contributed by atoms with E-state index in [9.17, 15) is 18.8 Å². The van der Waals surface area contributed by atoms with Crippen LogP contribution in [0.1, 0.15) is 43.9 Å². The predicted molar refractivity (Wildman–Crippen MR) is 161 cm³/mol. The number of aryl methyl sites for hydroxylation is 1. The molecule has 4 aromatic rings. The number of anilines is 1. The third kappa shape index (κ3) is 5.07. The van der Waals surface area contributed by atoms with Gasteiger partial charge in [0.25, 0.3) is 0 Å². The number of nitrogens with zero attached hydrogens (tertiary/aromatic N) is 4. The summed E-state index contributed by atoms with van der Waals surface area (Å²) in [6, 6.07) is 23.1. The van der Waals surface area contributed by atoms with Gasteiger partial charge in [0.1, 0.15) is 11.6 Å². The number of ketones is 1. The number of nitriles is 1. The Hall–Kier alpha value is -5.43. The summed E-state index contributed by atoms with van der Waals surface area (Å²) in [4.78, 5) is 14.1. The smallest absolute Gasteiger partial charge is 0.227 e. The van der Waals surface area contributed by atoms with Crippen molar-refractivity contribution in [2.75, 3.05) is 5.43 Å². The predicted octanol–water partition coefficient (Wildman–Crippen LogP) is 7.01. The number of halogens is 2. The first kappa shape index (κ1) is 28.7. The molecule has 1 unspecified atom stereocenters. The molecule has 3 aromatic carbocycles. The Kier molecular flexibility index (Phi) is 7.17. The molecule has 0 bridgehead atoms. The lowest BCUT2D eigenvalue weighted by Gasteiger charge is -2.43. The summed E-state index contributed by atoms with van der Waals surface area (Å²) in [6.07, 6.45) is 0.689. The van der Waals surface area contributed by atoms with Crippen LogP contribution in [0.2, 0.25) is 0 Å². The van der Waals surface area contributed by atoms with Crippen LogP contribution >= 0.6 is 0 Å². The summed E-state index contributed by atoms with van der Waals surface area (Å²) in [7, 11) is 0. The molecular formula is C34H30F2N6O2. The van der Waals surface area contributed by atoms with Gasteiger partial charge in [-0.15, -0.1) is 0 Å². The first-order chi connectivity index (χ1) is 21.1. The first-order valence-corrected chi connectivity index (χ1v) is 14.1. The van der Waals surface area contributed by atoms with Crippen molar-refractivity contribution in [1.29, 1.82) is 5.26 Å². The topological polar surface area (TPSA) is 109 Å². The zero-order valence-electron chi connectivity index (χ0n) is 24.4. The third-order valence-corrected chi connectivity index (χ3v) is 7.86. The van der Waals surface area contributed by atoms with E-state index in [4.69, 9.17) is 15.6 Å². The monoisotopic (exact) mass is 592 g/mol. The number of hydrogen-bond donors (Lipinski definition) is 2. The van der Waals surface area contributed by atoms with E-state index in [2.05, 4.69) is 11.5 Å². The fourth-order valence-electron chi connectivity index (χ4n) is 5.90. The molecule has 10 heteroatoms. The Morgan fingerprint density at radius 2 is 1.70 bits per heavy atom. The minimum absolute atomic E-state index is 0.0398. The number of hydrazine groups is 1. The Balaban J connectivity index is 1.60. The lowest BCUT2D eigenvalue weighted by molar-refractivity contribution is -0.118. The van der Waals surface area contributed by atoms with Gasteiger partial charge < -0.3 is 10.5 Å². The Labute approximate surface area is 253 Å². The van der Waals surface area contributed by atoms with E-state index in [1.807, 2.05) is 44.2 Å². The van der Waals surface area contributed by atoms with Gasteiger partial charge in [0.05, 0.1) is 45.9 Å². The number of aromatic nitrogens is 2. The van der Waals surface area contributed by atoms with Gasteiger partial charge in [0.15, 0.2) is 17.3 Å². The summed E-state index contributed by atoms with van der Waals surface area (Å²) in [5.74, 6) is -1.88. The van der Waals surface area contributed by atoms with Crippen LogP contribution in [0.4, 0.5) is 14.5 Å². The number of carbonyl (C=O) groups is 1. The Morgan fingerprint density at radius 3 is 2.39 bits per heavy atom. The summed E-state index contributed by atoms with van der Waals surface area (Å²) in [5, 5.41) is 16.9. The second kappa shape index (κ2) is 11.0. The normalized spacial score (nSPS) is 17.8. The fourth-order valence-corrected chi connectivity index (χ4v) is 5.90. The van der Waals surface area contributed by atoms with Crippen LogP contribution in [0.5, 0.6) is 11.6 Å². The molecule has 1 atom stereocenters. The third-order valence-electron chi connectivity index (χ3n) is 7.86. The van der Waals surface area contributed by atoms with E-state index in [0.717, 1.165) is 0 Å². The highest BCUT2D eigenvalue weighted by molar-refractivity contribution is 6.00. The van der Waals surface area contributed by atoms with Gasteiger partial charge in [0, 0.05) is 12.0 Å². The number of rotatable bonds is 6. The largest absolute Gasteiger partial charge is 0.435 e. The molecule has 3 N–H and O–H groups in total. The molecular weight excluding hydrogens is 562 g/mol. The zero-order chi connectivity index (χ0) is 31.2. The first-order valence-electron chi connectivity index (χ1n) is 14.1. The summed E-state index contributed by atoms with van der Waals surface area (Å²) in [6.45, 7) is 5.74. The molecule has 6 rings (SSSR count). The number of ether oxygens (including phenoxy) is 1. The second-order valence-electron chi connectivity index (χ2n) is 11.7. The fraction of sp³-hybridized carbons (Fsp3) is 0.206. The van der Waals surface area contributed by atoms with Crippen molar-refractivity contribution in [3.8, 4) is 23.4 Å². The highest BCUT2D eigenvalue weighted by Crippen LogP contribution is 2.52. The molecule has 0 fully saturated rings. The van der Waals surface area contributed by atoms with Crippen molar-refractivity contribution in [3.63, 3.8) is 0 Å². The molecule has 44 heavy (non-hydrogen) atoms. The number of benzene rings is 3. The Bertz CT molecular complexity index is 1870. The average Bonchev–Trinajstić information content (AvgIpc) is 3.31. The van der Waals surface area contributed by atoms with Crippen molar-refractivity contribution in [2.45, 2.75) is 39.5 Å². The van der Waals surface area contributed by atoms with Gasteiger partial charge in [-0.2, -0.15) is 10.4 Å². The molecule has 0 saturated heterocycles. The maximum absolute atomic E-state index is 15.0. The van der Waals surface area contributed by atoms with E-state index < -0.39 is 23.0 Å². The van der Waals surface area contributed by atoms with Crippen LogP contribution in [-0.4, -0.2) is 20.6 Å². The lowest BCUT2D eigenvalue weighted by Crippen LogP contribution is -2.44. The Morgan fingerprint density at radius 1 is 1.02 bits per heavy atom. The number of para-hydroxylation sites is 2. The number of nitrogens with one attached hydrogen (secondary N) is 1. The molecule has 8 nitrogen and oxygen atoms in total. The lowest BCUT2D eigenvalue weighted by atomic mass is 9.69. The van der Waals surface area contributed by atoms with Crippen molar-refractivity contribution < 1.29 is 18.3 Å². The summed E-state index contributed by atoms with van der Waals surface area (Å²) < 4.78 is 36.5. The highest BCUT2D eigenvalue weighted by atomic mass is 19.1. The molecule has 2 aliphatic rings.